The van der Waals surface area contributed by atoms with E-state index < -0.39 is 10.8 Å². The van der Waals surface area contributed by atoms with Gasteiger partial charge in [-0.15, -0.1) is 0 Å². The number of methoxy groups -OCH3 is 1. The zero-order valence-electron chi connectivity index (χ0n) is 13.6. The first-order valence-electron chi connectivity index (χ1n) is 7.27. The summed E-state index contributed by atoms with van der Waals surface area (Å²) in [7, 11) is 1.48. The molecule has 0 spiro atoms. The Kier molecular flexibility index (Phi) is 5.48. The summed E-state index contributed by atoms with van der Waals surface area (Å²) < 4.78 is 5.18. The smallest absolute Gasteiger partial charge is 0.293 e. The molecule has 0 atom stereocenters. The van der Waals surface area contributed by atoms with Gasteiger partial charge in [0, 0.05) is 11.6 Å². The van der Waals surface area contributed by atoms with Crippen molar-refractivity contribution in [3.05, 3.63) is 69.3 Å². The van der Waals surface area contributed by atoms with Gasteiger partial charge in [-0.2, -0.15) is 5.26 Å². The van der Waals surface area contributed by atoms with Crippen LogP contribution in [0, 0.1) is 28.4 Å². The zero-order chi connectivity index (χ0) is 18.4. The summed E-state index contributed by atoms with van der Waals surface area (Å²) in [6.07, 6.45) is 1.37. The van der Waals surface area contributed by atoms with E-state index in [2.05, 4.69) is 5.32 Å². The maximum Gasteiger partial charge on any atom is 0.293 e. The molecule has 0 saturated heterocycles. The Balaban J connectivity index is 2.35. The van der Waals surface area contributed by atoms with Crippen LogP contribution in [0.25, 0.3) is 6.08 Å². The molecule has 1 N–H and O–H groups in total. The van der Waals surface area contributed by atoms with Gasteiger partial charge in [0.1, 0.15) is 23.1 Å². The SMILES string of the molecule is COc1ccccc1/C=C(\C#N)C(=O)Nc1ccc(C)cc1[N+](=O)[O-]. The minimum atomic E-state index is -0.736. The number of carbonyl (C=O) groups excluding carboxylic acids is 1. The highest BCUT2D eigenvalue weighted by molar-refractivity contribution is 6.10. The zero-order valence-corrected chi connectivity index (χ0v) is 13.6. The van der Waals surface area contributed by atoms with Crippen molar-refractivity contribution in [2.45, 2.75) is 6.92 Å². The fourth-order valence-corrected chi connectivity index (χ4v) is 2.18. The van der Waals surface area contributed by atoms with Crippen LogP contribution in [0.15, 0.2) is 48.0 Å². The van der Waals surface area contributed by atoms with Gasteiger partial charge < -0.3 is 10.1 Å². The van der Waals surface area contributed by atoms with Crippen molar-refractivity contribution >= 4 is 23.4 Å². The van der Waals surface area contributed by atoms with Crippen molar-refractivity contribution in [2.24, 2.45) is 0 Å². The number of nitro benzene ring substituents is 1. The van der Waals surface area contributed by atoms with E-state index in [1.54, 1.807) is 43.3 Å². The summed E-state index contributed by atoms with van der Waals surface area (Å²) in [6, 6.07) is 13.1. The average molecular weight is 337 g/mol. The van der Waals surface area contributed by atoms with E-state index >= 15 is 0 Å². The topological polar surface area (TPSA) is 105 Å². The van der Waals surface area contributed by atoms with Crippen LogP contribution in [0.4, 0.5) is 11.4 Å². The predicted octanol–water partition coefficient (Wildman–Crippen LogP) is 3.46. The molecule has 0 aliphatic heterocycles. The first-order valence-corrected chi connectivity index (χ1v) is 7.27. The number of nitrogens with zero attached hydrogens (tertiary/aromatic N) is 2. The van der Waals surface area contributed by atoms with Crippen molar-refractivity contribution in [1.29, 1.82) is 5.26 Å². The number of anilines is 1. The lowest BCUT2D eigenvalue weighted by Crippen LogP contribution is -2.14. The molecule has 0 fully saturated rings. The maximum absolute atomic E-state index is 12.3. The molecular formula is C18H15N3O4. The summed E-state index contributed by atoms with van der Waals surface area (Å²) in [5.41, 5.74) is 0.842. The third kappa shape index (κ3) is 4.20. The second-order valence-electron chi connectivity index (χ2n) is 5.14. The molecule has 0 heterocycles. The molecule has 0 aliphatic rings. The quantitative estimate of drug-likeness (QED) is 0.389. The van der Waals surface area contributed by atoms with Crippen LogP contribution in [0.2, 0.25) is 0 Å². The Morgan fingerprint density at radius 2 is 2.04 bits per heavy atom. The molecule has 7 heteroatoms. The summed E-state index contributed by atoms with van der Waals surface area (Å²) in [5.74, 6) is -0.232. The van der Waals surface area contributed by atoms with Crippen molar-refractivity contribution in [3.63, 3.8) is 0 Å². The van der Waals surface area contributed by atoms with Gasteiger partial charge in [-0.05, 0) is 30.7 Å². The largest absolute Gasteiger partial charge is 0.496 e. The molecule has 0 radical (unpaired) electrons. The van der Waals surface area contributed by atoms with Crippen LogP contribution in [0.3, 0.4) is 0 Å². The van der Waals surface area contributed by atoms with E-state index in [4.69, 9.17) is 4.74 Å². The third-order valence-corrected chi connectivity index (χ3v) is 3.40. The number of hydrogen-bond acceptors (Lipinski definition) is 5. The second kappa shape index (κ2) is 7.75. The van der Waals surface area contributed by atoms with E-state index in [0.29, 0.717) is 16.9 Å². The molecule has 0 aliphatic carbocycles. The van der Waals surface area contributed by atoms with E-state index in [1.807, 2.05) is 0 Å². The Hall–Kier alpha value is -3.66. The number of ether oxygens (including phenoxy) is 1. The van der Waals surface area contributed by atoms with Crippen LogP contribution in [0.1, 0.15) is 11.1 Å². The van der Waals surface area contributed by atoms with Crippen molar-refractivity contribution in [1.82, 2.24) is 0 Å². The van der Waals surface area contributed by atoms with Gasteiger partial charge in [0.2, 0.25) is 0 Å². The lowest BCUT2D eigenvalue weighted by Gasteiger charge is -2.07. The van der Waals surface area contributed by atoms with Crippen molar-refractivity contribution in [2.75, 3.05) is 12.4 Å². The van der Waals surface area contributed by atoms with Crippen LogP contribution in [0.5, 0.6) is 5.75 Å². The lowest BCUT2D eigenvalue weighted by atomic mass is 10.1. The number of hydrogen-bond donors (Lipinski definition) is 1. The number of para-hydroxylation sites is 1. The number of rotatable bonds is 5. The molecule has 25 heavy (non-hydrogen) atoms. The van der Waals surface area contributed by atoms with E-state index in [1.165, 1.54) is 25.3 Å². The normalized spacial score (nSPS) is 10.7. The number of carbonyl (C=O) groups is 1. The number of nitrogens with one attached hydrogen (secondary N) is 1. The van der Waals surface area contributed by atoms with E-state index in [-0.39, 0.29) is 16.9 Å². The van der Waals surface area contributed by atoms with Gasteiger partial charge in [-0.25, -0.2) is 0 Å². The highest BCUT2D eigenvalue weighted by Crippen LogP contribution is 2.26. The van der Waals surface area contributed by atoms with Gasteiger partial charge >= 0.3 is 0 Å². The number of aryl methyl sites for hydroxylation is 1. The van der Waals surface area contributed by atoms with Crippen LogP contribution < -0.4 is 10.1 Å². The molecule has 2 aromatic rings. The molecule has 0 aromatic heterocycles. The monoisotopic (exact) mass is 337 g/mol. The Bertz CT molecular complexity index is 897. The highest BCUT2D eigenvalue weighted by atomic mass is 16.6. The standard InChI is InChI=1S/C18H15N3O4/c1-12-7-8-15(16(9-12)21(23)24)20-18(22)14(11-19)10-13-5-3-4-6-17(13)25-2/h3-10H,1-2H3,(H,20,22)/b14-10+. The van der Waals surface area contributed by atoms with Crippen LogP contribution in [-0.4, -0.2) is 17.9 Å². The van der Waals surface area contributed by atoms with Gasteiger partial charge in [0.15, 0.2) is 0 Å². The lowest BCUT2D eigenvalue weighted by molar-refractivity contribution is -0.384. The van der Waals surface area contributed by atoms with E-state index in [0.717, 1.165) is 0 Å². The Morgan fingerprint density at radius 1 is 1.32 bits per heavy atom. The third-order valence-electron chi connectivity index (χ3n) is 3.40. The van der Waals surface area contributed by atoms with Gasteiger partial charge in [0.25, 0.3) is 11.6 Å². The summed E-state index contributed by atoms with van der Waals surface area (Å²) in [4.78, 5) is 22.9. The van der Waals surface area contributed by atoms with Crippen molar-refractivity contribution in [3.8, 4) is 11.8 Å². The summed E-state index contributed by atoms with van der Waals surface area (Å²) in [5, 5.41) is 22.8. The molecule has 7 nitrogen and oxygen atoms in total. The van der Waals surface area contributed by atoms with Crippen LogP contribution in [-0.2, 0) is 4.79 Å². The highest BCUT2D eigenvalue weighted by Gasteiger charge is 2.18. The minimum absolute atomic E-state index is 0.0294. The molecular weight excluding hydrogens is 322 g/mol. The summed E-state index contributed by atoms with van der Waals surface area (Å²) in [6.45, 7) is 1.71. The van der Waals surface area contributed by atoms with Gasteiger partial charge in [0.05, 0.1) is 12.0 Å². The molecule has 2 rings (SSSR count). The first kappa shape index (κ1) is 17.7. The van der Waals surface area contributed by atoms with Crippen molar-refractivity contribution < 1.29 is 14.5 Å². The minimum Gasteiger partial charge on any atom is -0.496 e. The molecule has 126 valence electrons. The fourth-order valence-electron chi connectivity index (χ4n) is 2.18. The number of amides is 1. The second-order valence-corrected chi connectivity index (χ2v) is 5.14. The molecule has 0 unspecified atom stereocenters. The fraction of sp³-hybridized carbons (Fsp3) is 0.111. The maximum atomic E-state index is 12.3. The Labute approximate surface area is 144 Å². The average Bonchev–Trinajstić information content (AvgIpc) is 2.61. The first-order chi connectivity index (χ1) is 12.0. The number of nitriles is 1. The van der Waals surface area contributed by atoms with E-state index in [9.17, 15) is 20.2 Å². The number of benzene rings is 2. The molecule has 2 aromatic carbocycles. The van der Waals surface area contributed by atoms with Gasteiger partial charge in [-0.1, -0.05) is 24.3 Å². The molecule has 0 bridgehead atoms. The number of nitro groups is 1. The van der Waals surface area contributed by atoms with Crippen LogP contribution >= 0.6 is 0 Å². The molecule has 0 saturated carbocycles. The predicted molar refractivity (Wildman–Crippen MR) is 93.0 cm³/mol. The Morgan fingerprint density at radius 3 is 2.68 bits per heavy atom. The summed E-state index contributed by atoms with van der Waals surface area (Å²) >= 11 is 0. The van der Waals surface area contributed by atoms with Gasteiger partial charge in [-0.3, -0.25) is 14.9 Å². The molecule has 1 amide bonds.